The number of fused-ring (bicyclic) bond motifs is 1. The smallest absolute Gasteiger partial charge is 0.274 e. The number of halogens is 2. The average Bonchev–Trinajstić information content (AvgIpc) is 3.39. The standard InChI is InChI=1S/C23H22F2N6O/c1-14-2-5-21-27-10-20(31(21)11-14)22(32)29-18-6-17(4-3-15(18)9-26)30-12-19(28-13-30)16-7-23(24,25)8-16/h2-6,10-13,16H,7-9,26H2,1H3,(H,29,32). The Hall–Kier alpha value is -3.59. The van der Waals surface area contributed by atoms with Gasteiger partial charge in [-0.15, -0.1) is 0 Å². The van der Waals surface area contributed by atoms with E-state index < -0.39 is 5.92 Å². The number of anilines is 1. The van der Waals surface area contributed by atoms with Gasteiger partial charge >= 0.3 is 0 Å². The van der Waals surface area contributed by atoms with Crippen molar-refractivity contribution in [1.29, 1.82) is 0 Å². The summed E-state index contributed by atoms with van der Waals surface area (Å²) in [5.74, 6) is -3.13. The van der Waals surface area contributed by atoms with Gasteiger partial charge in [0, 0.05) is 49.1 Å². The number of hydrogen-bond donors (Lipinski definition) is 2. The lowest BCUT2D eigenvalue weighted by molar-refractivity contribution is -0.0875. The first-order valence-electron chi connectivity index (χ1n) is 10.3. The van der Waals surface area contributed by atoms with E-state index in [0.29, 0.717) is 22.7 Å². The molecule has 0 unspecified atom stereocenters. The Balaban J connectivity index is 1.42. The second-order valence-electron chi connectivity index (χ2n) is 8.24. The number of carbonyl (C=O) groups is 1. The second-order valence-corrected chi connectivity index (χ2v) is 8.24. The SMILES string of the molecule is Cc1ccc2ncc(C(=O)Nc3cc(-n4cnc(C5CC(F)(F)C5)c4)ccc3CN)n2c1. The van der Waals surface area contributed by atoms with Crippen molar-refractivity contribution in [3.63, 3.8) is 0 Å². The van der Waals surface area contributed by atoms with Crippen LogP contribution in [-0.4, -0.2) is 30.8 Å². The van der Waals surface area contributed by atoms with Crippen LogP contribution in [0.5, 0.6) is 0 Å². The molecule has 0 atom stereocenters. The maximum Gasteiger partial charge on any atom is 0.274 e. The summed E-state index contributed by atoms with van der Waals surface area (Å²) >= 11 is 0. The predicted molar refractivity (Wildman–Crippen MR) is 116 cm³/mol. The van der Waals surface area contributed by atoms with E-state index in [2.05, 4.69) is 15.3 Å². The molecule has 3 heterocycles. The van der Waals surface area contributed by atoms with Crippen LogP contribution in [0.25, 0.3) is 11.3 Å². The topological polar surface area (TPSA) is 90.2 Å². The van der Waals surface area contributed by atoms with Gasteiger partial charge in [-0.3, -0.25) is 9.20 Å². The first-order valence-corrected chi connectivity index (χ1v) is 10.3. The zero-order chi connectivity index (χ0) is 22.5. The highest BCUT2D eigenvalue weighted by Crippen LogP contribution is 2.47. The number of aromatic nitrogens is 4. The molecule has 4 aromatic rings. The molecule has 5 rings (SSSR count). The zero-order valence-electron chi connectivity index (χ0n) is 17.4. The van der Waals surface area contributed by atoms with E-state index in [4.69, 9.17) is 5.73 Å². The summed E-state index contributed by atoms with van der Waals surface area (Å²) in [5, 5.41) is 2.94. The Bertz CT molecular complexity index is 1320. The Morgan fingerprint density at radius 2 is 2.03 bits per heavy atom. The van der Waals surface area contributed by atoms with Crippen LogP contribution in [0.2, 0.25) is 0 Å². The fourth-order valence-electron chi connectivity index (χ4n) is 4.02. The van der Waals surface area contributed by atoms with E-state index in [1.54, 1.807) is 27.6 Å². The zero-order valence-corrected chi connectivity index (χ0v) is 17.4. The molecular formula is C23H22F2N6O. The second kappa shape index (κ2) is 7.52. The highest BCUT2D eigenvalue weighted by Gasteiger charge is 2.46. The molecule has 0 aliphatic heterocycles. The number of nitrogens with two attached hydrogens (primary N) is 1. The average molecular weight is 436 g/mol. The van der Waals surface area contributed by atoms with Crippen molar-refractivity contribution in [3.8, 4) is 5.69 Å². The maximum absolute atomic E-state index is 13.2. The summed E-state index contributed by atoms with van der Waals surface area (Å²) in [7, 11) is 0. The number of rotatable bonds is 5. The fourth-order valence-corrected chi connectivity index (χ4v) is 4.02. The normalized spacial score (nSPS) is 15.6. The lowest BCUT2D eigenvalue weighted by Crippen LogP contribution is -2.33. The molecule has 0 spiro atoms. The molecule has 0 saturated heterocycles. The molecule has 32 heavy (non-hydrogen) atoms. The molecule has 9 heteroatoms. The summed E-state index contributed by atoms with van der Waals surface area (Å²) in [6.45, 7) is 2.19. The van der Waals surface area contributed by atoms with Crippen LogP contribution >= 0.6 is 0 Å². The van der Waals surface area contributed by atoms with Gasteiger partial charge in [-0.1, -0.05) is 12.1 Å². The number of aryl methyl sites for hydroxylation is 1. The molecule has 7 nitrogen and oxygen atoms in total. The number of imidazole rings is 2. The lowest BCUT2D eigenvalue weighted by Gasteiger charge is -2.33. The van der Waals surface area contributed by atoms with Gasteiger partial charge in [-0.25, -0.2) is 18.7 Å². The van der Waals surface area contributed by atoms with E-state index in [9.17, 15) is 13.6 Å². The van der Waals surface area contributed by atoms with Crippen LogP contribution in [0, 0.1) is 6.92 Å². The minimum Gasteiger partial charge on any atom is -0.326 e. The van der Waals surface area contributed by atoms with Crippen molar-refractivity contribution in [2.24, 2.45) is 5.73 Å². The van der Waals surface area contributed by atoms with E-state index >= 15 is 0 Å². The highest BCUT2D eigenvalue weighted by molar-refractivity contribution is 6.04. The largest absolute Gasteiger partial charge is 0.326 e. The molecule has 0 radical (unpaired) electrons. The minimum atomic E-state index is -2.59. The van der Waals surface area contributed by atoms with Gasteiger partial charge in [0.05, 0.1) is 18.2 Å². The Labute approximate surface area is 182 Å². The van der Waals surface area contributed by atoms with Gasteiger partial charge in [0.25, 0.3) is 5.91 Å². The Morgan fingerprint density at radius 1 is 1.22 bits per heavy atom. The molecule has 3 aromatic heterocycles. The first kappa shape index (κ1) is 20.3. The monoisotopic (exact) mass is 436 g/mol. The van der Waals surface area contributed by atoms with Crippen LogP contribution < -0.4 is 11.1 Å². The van der Waals surface area contributed by atoms with E-state index in [0.717, 1.165) is 16.8 Å². The Morgan fingerprint density at radius 3 is 2.78 bits per heavy atom. The van der Waals surface area contributed by atoms with Gasteiger partial charge in [0.15, 0.2) is 0 Å². The van der Waals surface area contributed by atoms with Gasteiger partial charge < -0.3 is 15.6 Å². The van der Waals surface area contributed by atoms with Crippen molar-refractivity contribution in [1.82, 2.24) is 18.9 Å². The summed E-state index contributed by atoms with van der Waals surface area (Å²) in [4.78, 5) is 21.6. The van der Waals surface area contributed by atoms with Crippen molar-refractivity contribution in [2.75, 3.05) is 5.32 Å². The van der Waals surface area contributed by atoms with Crippen molar-refractivity contribution >= 4 is 17.2 Å². The molecule has 3 N–H and O–H groups in total. The number of carbonyl (C=O) groups excluding carboxylic acids is 1. The predicted octanol–water partition coefficient (Wildman–Crippen LogP) is 4.05. The van der Waals surface area contributed by atoms with Gasteiger partial charge in [-0.05, 0) is 36.2 Å². The van der Waals surface area contributed by atoms with E-state index in [-0.39, 0.29) is 31.2 Å². The molecule has 1 aliphatic carbocycles. The summed E-state index contributed by atoms with van der Waals surface area (Å²) < 4.78 is 29.9. The molecule has 1 saturated carbocycles. The van der Waals surface area contributed by atoms with Crippen LogP contribution in [0.3, 0.4) is 0 Å². The number of nitrogens with one attached hydrogen (secondary N) is 1. The van der Waals surface area contributed by atoms with Crippen LogP contribution in [-0.2, 0) is 6.54 Å². The molecule has 1 aromatic carbocycles. The number of alkyl halides is 2. The molecule has 1 amide bonds. The number of benzene rings is 1. The summed E-state index contributed by atoms with van der Waals surface area (Å²) in [6.07, 6.45) is 6.41. The van der Waals surface area contributed by atoms with Gasteiger partial charge in [0.2, 0.25) is 5.92 Å². The van der Waals surface area contributed by atoms with Crippen LogP contribution in [0.15, 0.2) is 55.2 Å². The number of hydrogen-bond acceptors (Lipinski definition) is 4. The van der Waals surface area contributed by atoms with Gasteiger partial charge in [-0.2, -0.15) is 0 Å². The number of nitrogens with zero attached hydrogens (tertiary/aromatic N) is 4. The van der Waals surface area contributed by atoms with Crippen molar-refractivity contribution in [2.45, 2.75) is 38.2 Å². The maximum atomic E-state index is 13.2. The summed E-state index contributed by atoms with van der Waals surface area (Å²) in [5.41, 5.74) is 10.7. The van der Waals surface area contributed by atoms with Crippen LogP contribution in [0.4, 0.5) is 14.5 Å². The Kier molecular flexibility index (Phi) is 4.78. The highest BCUT2D eigenvalue weighted by atomic mass is 19.3. The van der Waals surface area contributed by atoms with Crippen LogP contribution in [0.1, 0.15) is 46.1 Å². The minimum absolute atomic E-state index is 0.170. The molecule has 1 aliphatic rings. The lowest BCUT2D eigenvalue weighted by atomic mass is 9.79. The molecule has 1 fully saturated rings. The number of amides is 1. The molecule has 0 bridgehead atoms. The molecule has 164 valence electrons. The first-order chi connectivity index (χ1) is 15.3. The third kappa shape index (κ3) is 3.64. The summed E-state index contributed by atoms with van der Waals surface area (Å²) in [6, 6.07) is 9.28. The van der Waals surface area contributed by atoms with Crippen molar-refractivity contribution in [3.05, 3.63) is 77.8 Å². The third-order valence-electron chi connectivity index (χ3n) is 5.86. The fraction of sp³-hybridized carbons (Fsp3) is 0.261. The van der Waals surface area contributed by atoms with Crippen molar-refractivity contribution < 1.29 is 13.6 Å². The van der Waals surface area contributed by atoms with E-state index in [1.165, 1.54) is 6.20 Å². The third-order valence-corrected chi connectivity index (χ3v) is 5.86. The van der Waals surface area contributed by atoms with E-state index in [1.807, 2.05) is 37.4 Å². The number of pyridine rings is 1. The van der Waals surface area contributed by atoms with Gasteiger partial charge in [0.1, 0.15) is 11.3 Å². The quantitative estimate of drug-likeness (QED) is 0.494. The molecular weight excluding hydrogens is 414 g/mol.